The second kappa shape index (κ2) is 5.46. The first kappa shape index (κ1) is 13.0. The first-order valence-corrected chi connectivity index (χ1v) is 6.38. The first-order chi connectivity index (χ1) is 8.56. The molecule has 0 bridgehead atoms. The van der Waals surface area contributed by atoms with Crippen LogP contribution in [0.15, 0.2) is 46.9 Å². The minimum Gasteiger partial charge on any atom is -0.389 e. The van der Waals surface area contributed by atoms with Gasteiger partial charge in [0.25, 0.3) is 0 Å². The number of benzene rings is 2. The van der Waals surface area contributed by atoms with Crippen molar-refractivity contribution in [1.29, 1.82) is 0 Å². The number of anilines is 2. The van der Waals surface area contributed by atoms with Gasteiger partial charge in [-0.25, -0.2) is 4.39 Å². The van der Waals surface area contributed by atoms with E-state index in [4.69, 9.17) is 18.0 Å². The van der Waals surface area contributed by atoms with Crippen molar-refractivity contribution in [3.05, 3.63) is 58.3 Å². The molecule has 0 aliphatic heterocycles. The fourth-order valence-corrected chi connectivity index (χ4v) is 1.93. The molecule has 0 fully saturated rings. The molecular weight excluding hydrogens is 315 g/mol. The van der Waals surface area contributed by atoms with Gasteiger partial charge in [-0.1, -0.05) is 28.1 Å². The molecule has 2 aromatic rings. The average molecular weight is 325 g/mol. The fraction of sp³-hybridized carbons (Fsp3) is 0. The zero-order valence-corrected chi connectivity index (χ0v) is 11.7. The topological polar surface area (TPSA) is 38.0 Å². The number of nitrogens with one attached hydrogen (secondary N) is 1. The molecule has 0 aromatic heterocycles. The van der Waals surface area contributed by atoms with E-state index in [0.29, 0.717) is 15.1 Å². The highest BCUT2D eigenvalue weighted by Crippen LogP contribution is 2.23. The molecule has 2 rings (SSSR count). The van der Waals surface area contributed by atoms with Crippen molar-refractivity contribution < 1.29 is 4.39 Å². The van der Waals surface area contributed by atoms with Gasteiger partial charge in [0.15, 0.2) is 0 Å². The normalized spacial score (nSPS) is 10.1. The van der Waals surface area contributed by atoms with Gasteiger partial charge in [-0.05, 0) is 42.5 Å². The molecule has 0 unspecified atom stereocenters. The van der Waals surface area contributed by atoms with Gasteiger partial charge in [-0.2, -0.15) is 0 Å². The van der Waals surface area contributed by atoms with E-state index in [1.165, 1.54) is 6.07 Å². The van der Waals surface area contributed by atoms with Crippen molar-refractivity contribution in [2.24, 2.45) is 5.73 Å². The molecule has 0 aliphatic rings. The van der Waals surface area contributed by atoms with Crippen LogP contribution in [0.2, 0.25) is 0 Å². The van der Waals surface area contributed by atoms with Crippen molar-refractivity contribution in [3.63, 3.8) is 0 Å². The molecule has 92 valence electrons. The number of halogens is 2. The minimum atomic E-state index is -0.317. The van der Waals surface area contributed by atoms with Crippen LogP contribution in [0, 0.1) is 5.82 Å². The van der Waals surface area contributed by atoms with E-state index in [9.17, 15) is 4.39 Å². The lowest BCUT2D eigenvalue weighted by molar-refractivity contribution is 0.631. The first-order valence-electron chi connectivity index (χ1n) is 5.18. The summed E-state index contributed by atoms with van der Waals surface area (Å²) in [6.45, 7) is 0. The smallest absolute Gasteiger partial charge is 0.147 e. The van der Waals surface area contributed by atoms with Crippen molar-refractivity contribution in [1.82, 2.24) is 0 Å². The molecule has 0 atom stereocenters. The third-order valence-electron chi connectivity index (χ3n) is 2.38. The van der Waals surface area contributed by atoms with E-state index in [1.54, 1.807) is 36.4 Å². The Bertz CT molecular complexity index is 584. The minimum absolute atomic E-state index is 0.317. The zero-order chi connectivity index (χ0) is 13.1. The van der Waals surface area contributed by atoms with Gasteiger partial charge >= 0.3 is 0 Å². The lowest BCUT2D eigenvalue weighted by Crippen LogP contribution is -2.08. The van der Waals surface area contributed by atoms with E-state index in [-0.39, 0.29) is 5.82 Å². The SMILES string of the molecule is NC(=S)c1ccc(Nc2ccc(Br)cc2F)cc1. The predicted molar refractivity (Wildman–Crippen MR) is 79.7 cm³/mol. The average Bonchev–Trinajstić information content (AvgIpc) is 2.33. The third-order valence-corrected chi connectivity index (χ3v) is 3.11. The van der Waals surface area contributed by atoms with Crippen molar-refractivity contribution in [3.8, 4) is 0 Å². The second-order valence-corrected chi connectivity index (χ2v) is 5.05. The van der Waals surface area contributed by atoms with Crippen LogP contribution >= 0.6 is 28.1 Å². The number of thiocarbonyl (C=S) groups is 1. The highest BCUT2D eigenvalue weighted by atomic mass is 79.9. The summed E-state index contributed by atoms with van der Waals surface area (Å²) in [6, 6.07) is 12.0. The molecule has 5 heteroatoms. The maximum Gasteiger partial charge on any atom is 0.147 e. The summed E-state index contributed by atoms with van der Waals surface area (Å²) in [6.07, 6.45) is 0. The molecule has 0 radical (unpaired) electrons. The Morgan fingerprint density at radius 3 is 2.39 bits per heavy atom. The van der Waals surface area contributed by atoms with Crippen LogP contribution in [0.3, 0.4) is 0 Å². The molecule has 2 nitrogen and oxygen atoms in total. The van der Waals surface area contributed by atoms with Crippen LogP contribution in [0.25, 0.3) is 0 Å². The van der Waals surface area contributed by atoms with Gasteiger partial charge in [0.2, 0.25) is 0 Å². The molecule has 0 heterocycles. The van der Waals surface area contributed by atoms with Gasteiger partial charge in [0, 0.05) is 15.7 Å². The molecule has 0 saturated heterocycles. The Hall–Kier alpha value is -1.46. The Morgan fingerprint density at radius 2 is 1.83 bits per heavy atom. The van der Waals surface area contributed by atoms with Gasteiger partial charge in [0.1, 0.15) is 10.8 Å². The molecule has 3 N–H and O–H groups in total. The van der Waals surface area contributed by atoms with E-state index in [2.05, 4.69) is 21.2 Å². The number of rotatable bonds is 3. The van der Waals surface area contributed by atoms with Crippen LogP contribution in [0.5, 0.6) is 0 Å². The Morgan fingerprint density at radius 1 is 1.17 bits per heavy atom. The van der Waals surface area contributed by atoms with Crippen LogP contribution in [0.1, 0.15) is 5.56 Å². The van der Waals surface area contributed by atoms with Crippen LogP contribution in [-0.4, -0.2) is 4.99 Å². The van der Waals surface area contributed by atoms with Gasteiger partial charge in [-0.15, -0.1) is 0 Å². The Kier molecular flexibility index (Phi) is 3.93. The van der Waals surface area contributed by atoms with E-state index in [1.807, 2.05) is 0 Å². The zero-order valence-electron chi connectivity index (χ0n) is 9.28. The monoisotopic (exact) mass is 324 g/mol. The summed E-state index contributed by atoms with van der Waals surface area (Å²) >= 11 is 8.07. The summed E-state index contributed by atoms with van der Waals surface area (Å²) < 4.78 is 14.3. The quantitative estimate of drug-likeness (QED) is 0.839. The summed E-state index contributed by atoms with van der Waals surface area (Å²) in [7, 11) is 0. The summed E-state index contributed by atoms with van der Waals surface area (Å²) in [4.78, 5) is 0.344. The number of hydrogen-bond acceptors (Lipinski definition) is 2. The molecular formula is C13H10BrFN2S. The maximum absolute atomic E-state index is 13.6. The highest BCUT2D eigenvalue weighted by Gasteiger charge is 2.03. The predicted octanol–water partition coefficient (Wildman–Crippen LogP) is 3.97. The Balaban J connectivity index is 2.21. The van der Waals surface area contributed by atoms with Gasteiger partial charge in [0.05, 0.1) is 5.69 Å². The number of nitrogens with two attached hydrogens (primary N) is 1. The molecule has 2 aromatic carbocycles. The van der Waals surface area contributed by atoms with Crippen molar-refractivity contribution >= 4 is 44.5 Å². The fourth-order valence-electron chi connectivity index (χ4n) is 1.46. The van der Waals surface area contributed by atoms with E-state index >= 15 is 0 Å². The van der Waals surface area contributed by atoms with E-state index in [0.717, 1.165) is 11.3 Å². The van der Waals surface area contributed by atoms with Crippen molar-refractivity contribution in [2.75, 3.05) is 5.32 Å². The van der Waals surface area contributed by atoms with Crippen LogP contribution < -0.4 is 11.1 Å². The number of hydrogen-bond donors (Lipinski definition) is 2. The third kappa shape index (κ3) is 3.05. The van der Waals surface area contributed by atoms with Crippen molar-refractivity contribution in [2.45, 2.75) is 0 Å². The lowest BCUT2D eigenvalue weighted by atomic mass is 10.2. The highest BCUT2D eigenvalue weighted by molar-refractivity contribution is 9.10. The van der Waals surface area contributed by atoms with Crippen LogP contribution in [-0.2, 0) is 0 Å². The summed E-state index contributed by atoms with van der Waals surface area (Å²) in [5, 5.41) is 2.99. The van der Waals surface area contributed by atoms with Gasteiger partial charge < -0.3 is 11.1 Å². The molecule has 0 aliphatic carbocycles. The summed E-state index contributed by atoms with van der Waals surface area (Å²) in [5.74, 6) is -0.317. The van der Waals surface area contributed by atoms with E-state index < -0.39 is 0 Å². The largest absolute Gasteiger partial charge is 0.389 e. The maximum atomic E-state index is 13.6. The molecule has 0 amide bonds. The van der Waals surface area contributed by atoms with Gasteiger partial charge in [-0.3, -0.25) is 0 Å². The van der Waals surface area contributed by atoms with Crippen LogP contribution in [0.4, 0.5) is 15.8 Å². The second-order valence-electron chi connectivity index (χ2n) is 3.69. The lowest BCUT2D eigenvalue weighted by Gasteiger charge is -2.08. The Labute approximate surface area is 118 Å². The summed E-state index contributed by atoms with van der Waals surface area (Å²) in [5.41, 5.74) is 7.48. The molecule has 0 saturated carbocycles. The standard InChI is InChI=1S/C13H10BrFN2S/c14-9-3-6-12(11(15)7-9)17-10-4-1-8(2-5-10)13(16)18/h1-7,17H,(H2,16,18). The molecule has 18 heavy (non-hydrogen) atoms. The molecule has 0 spiro atoms.